The molecule has 1 aromatic carbocycles. The van der Waals surface area contributed by atoms with Gasteiger partial charge in [-0.1, -0.05) is 32.9 Å². The predicted octanol–water partition coefficient (Wildman–Crippen LogP) is 3.50. The van der Waals surface area contributed by atoms with E-state index in [1.807, 2.05) is 18.7 Å². The van der Waals surface area contributed by atoms with Crippen LogP contribution in [-0.2, 0) is 11.0 Å². The topological polar surface area (TPSA) is 43.9 Å². The fraction of sp³-hybridized carbons (Fsp3) is 0.636. The van der Waals surface area contributed by atoms with Gasteiger partial charge >= 0.3 is 6.18 Å². The Hall–Kier alpha value is -2.09. The number of halogens is 3. The molecule has 2 aliphatic rings. The Bertz CT molecular complexity index is 788. The van der Waals surface area contributed by atoms with Gasteiger partial charge in [0.25, 0.3) is 5.91 Å². The van der Waals surface area contributed by atoms with Crippen LogP contribution in [0.3, 0.4) is 0 Å². The first-order valence-electron chi connectivity index (χ1n) is 10.6. The van der Waals surface area contributed by atoms with Gasteiger partial charge < -0.3 is 9.80 Å². The zero-order valence-corrected chi connectivity index (χ0v) is 17.8. The molecule has 0 saturated carbocycles. The predicted molar refractivity (Wildman–Crippen MR) is 108 cm³/mol. The van der Waals surface area contributed by atoms with E-state index in [1.165, 1.54) is 23.1 Å². The van der Waals surface area contributed by atoms with Gasteiger partial charge in [-0.05, 0) is 25.0 Å². The smallest absolute Gasteiger partial charge is 0.341 e. The van der Waals surface area contributed by atoms with Crippen molar-refractivity contribution in [2.24, 2.45) is 5.92 Å². The molecule has 2 amide bonds. The number of hydrogen-bond acceptors (Lipinski definition) is 3. The maximum Gasteiger partial charge on any atom is 0.417 e. The molecule has 5 nitrogen and oxygen atoms in total. The third-order valence-corrected chi connectivity index (χ3v) is 6.50. The van der Waals surface area contributed by atoms with Crippen molar-refractivity contribution in [2.75, 3.05) is 39.3 Å². The first-order chi connectivity index (χ1) is 14.1. The highest BCUT2D eigenvalue weighted by Crippen LogP contribution is 2.34. The largest absolute Gasteiger partial charge is 0.417 e. The van der Waals surface area contributed by atoms with Crippen molar-refractivity contribution >= 4 is 11.8 Å². The molecule has 1 aromatic rings. The summed E-state index contributed by atoms with van der Waals surface area (Å²) in [5.74, 6) is -0.458. The van der Waals surface area contributed by atoms with Crippen LogP contribution in [0.5, 0.6) is 0 Å². The Labute approximate surface area is 175 Å². The first kappa shape index (κ1) is 22.6. The number of alkyl halides is 3. The molecule has 166 valence electrons. The van der Waals surface area contributed by atoms with Crippen LogP contribution in [-0.4, -0.2) is 71.3 Å². The molecule has 2 aliphatic heterocycles. The third-order valence-electron chi connectivity index (χ3n) is 6.50. The summed E-state index contributed by atoms with van der Waals surface area (Å²) in [6.45, 7) is 9.26. The standard InChI is InChI=1S/C22H30F3N3O2/c1-4-21(9-10-27(15-21)19(29)16(2)3)28-13-11-26(12-14-28)20(30)17-7-5-6-8-18(17)22(23,24)25/h5-8,16H,4,9-15H2,1-3H3. The summed E-state index contributed by atoms with van der Waals surface area (Å²) < 4.78 is 39.9. The van der Waals surface area contributed by atoms with Crippen molar-refractivity contribution in [1.82, 2.24) is 14.7 Å². The molecule has 3 rings (SSSR count). The second-order valence-corrected chi connectivity index (χ2v) is 8.56. The molecule has 2 fully saturated rings. The lowest BCUT2D eigenvalue weighted by atomic mass is 9.91. The highest BCUT2D eigenvalue weighted by molar-refractivity contribution is 5.96. The molecule has 8 heteroatoms. The molecule has 0 spiro atoms. The van der Waals surface area contributed by atoms with Gasteiger partial charge in [0.1, 0.15) is 0 Å². The number of carbonyl (C=O) groups is 2. The van der Waals surface area contributed by atoms with Gasteiger partial charge in [-0.3, -0.25) is 14.5 Å². The summed E-state index contributed by atoms with van der Waals surface area (Å²) in [6, 6.07) is 4.96. The van der Waals surface area contributed by atoms with Crippen molar-refractivity contribution < 1.29 is 22.8 Å². The number of benzene rings is 1. The SMILES string of the molecule is CCC1(N2CCN(C(=O)c3ccccc3C(F)(F)F)CC2)CCN(C(=O)C(C)C)C1. The van der Waals surface area contributed by atoms with Crippen LogP contribution < -0.4 is 0 Å². The van der Waals surface area contributed by atoms with Gasteiger partial charge in [-0.25, -0.2) is 0 Å². The second-order valence-electron chi connectivity index (χ2n) is 8.56. The molecule has 0 aliphatic carbocycles. The zero-order valence-electron chi connectivity index (χ0n) is 17.8. The normalized spacial score (nSPS) is 23.3. The van der Waals surface area contributed by atoms with Crippen LogP contribution in [0.15, 0.2) is 24.3 Å². The monoisotopic (exact) mass is 425 g/mol. The quantitative estimate of drug-likeness (QED) is 0.742. The fourth-order valence-electron chi connectivity index (χ4n) is 4.65. The lowest BCUT2D eigenvalue weighted by molar-refractivity contribution is -0.138. The Morgan fingerprint density at radius 2 is 1.67 bits per heavy atom. The summed E-state index contributed by atoms with van der Waals surface area (Å²) in [5.41, 5.74) is -1.30. The van der Waals surface area contributed by atoms with E-state index >= 15 is 0 Å². The van der Waals surface area contributed by atoms with Crippen molar-refractivity contribution in [1.29, 1.82) is 0 Å². The number of hydrogen-bond donors (Lipinski definition) is 0. The minimum atomic E-state index is -4.56. The van der Waals surface area contributed by atoms with Crippen LogP contribution in [0.25, 0.3) is 0 Å². The van der Waals surface area contributed by atoms with Crippen molar-refractivity contribution in [3.8, 4) is 0 Å². The van der Waals surface area contributed by atoms with Crippen LogP contribution in [0.2, 0.25) is 0 Å². The van der Waals surface area contributed by atoms with Gasteiger partial charge in [0.15, 0.2) is 0 Å². The average Bonchev–Trinajstić information content (AvgIpc) is 3.18. The van der Waals surface area contributed by atoms with Crippen LogP contribution in [0.4, 0.5) is 13.2 Å². The average molecular weight is 425 g/mol. The first-order valence-corrected chi connectivity index (χ1v) is 10.6. The van der Waals surface area contributed by atoms with E-state index in [1.54, 1.807) is 0 Å². The molecule has 0 bridgehead atoms. The Morgan fingerprint density at radius 1 is 1.03 bits per heavy atom. The molecule has 1 unspecified atom stereocenters. The molecule has 0 radical (unpaired) electrons. The summed E-state index contributed by atoms with van der Waals surface area (Å²) in [7, 11) is 0. The molecule has 2 heterocycles. The maximum absolute atomic E-state index is 13.3. The zero-order chi connectivity index (χ0) is 22.1. The van der Waals surface area contributed by atoms with Gasteiger partial charge in [0.2, 0.25) is 5.91 Å². The van der Waals surface area contributed by atoms with E-state index in [4.69, 9.17) is 0 Å². The summed E-state index contributed by atoms with van der Waals surface area (Å²) in [5, 5.41) is 0. The molecular formula is C22H30F3N3O2. The number of nitrogens with zero attached hydrogens (tertiary/aromatic N) is 3. The van der Waals surface area contributed by atoms with Gasteiger partial charge in [-0.2, -0.15) is 13.2 Å². The number of piperazine rings is 1. The Kier molecular flexibility index (Phi) is 6.45. The molecule has 1 atom stereocenters. The summed E-state index contributed by atoms with van der Waals surface area (Å²) in [4.78, 5) is 31.0. The van der Waals surface area contributed by atoms with Crippen molar-refractivity contribution in [3.05, 3.63) is 35.4 Å². The number of carbonyl (C=O) groups excluding carboxylic acids is 2. The molecule has 30 heavy (non-hydrogen) atoms. The number of amides is 2. The Morgan fingerprint density at radius 3 is 2.23 bits per heavy atom. The van der Waals surface area contributed by atoms with E-state index in [2.05, 4.69) is 11.8 Å². The molecule has 0 aromatic heterocycles. The lowest BCUT2D eigenvalue weighted by Crippen LogP contribution is -2.59. The highest BCUT2D eigenvalue weighted by atomic mass is 19.4. The van der Waals surface area contributed by atoms with Crippen LogP contribution in [0.1, 0.15) is 49.5 Å². The van der Waals surface area contributed by atoms with Crippen molar-refractivity contribution in [2.45, 2.75) is 45.3 Å². The maximum atomic E-state index is 13.3. The van der Waals surface area contributed by atoms with Gasteiger partial charge in [0.05, 0.1) is 11.1 Å². The summed E-state index contributed by atoms with van der Waals surface area (Å²) in [6.07, 6.45) is -2.79. The van der Waals surface area contributed by atoms with Crippen LogP contribution >= 0.6 is 0 Å². The summed E-state index contributed by atoms with van der Waals surface area (Å²) >= 11 is 0. The van der Waals surface area contributed by atoms with E-state index in [-0.39, 0.29) is 22.9 Å². The molecular weight excluding hydrogens is 395 g/mol. The van der Waals surface area contributed by atoms with Gasteiger partial charge in [0, 0.05) is 50.7 Å². The lowest BCUT2D eigenvalue weighted by Gasteiger charge is -2.45. The number of likely N-dealkylation sites (tertiary alicyclic amines) is 1. The highest BCUT2D eigenvalue weighted by Gasteiger charge is 2.45. The van der Waals surface area contributed by atoms with Crippen molar-refractivity contribution in [3.63, 3.8) is 0 Å². The molecule has 2 saturated heterocycles. The van der Waals surface area contributed by atoms with Gasteiger partial charge in [-0.15, -0.1) is 0 Å². The fourth-order valence-corrected chi connectivity index (χ4v) is 4.65. The molecule has 0 N–H and O–H groups in total. The van der Waals surface area contributed by atoms with Crippen LogP contribution in [0, 0.1) is 5.92 Å². The minimum absolute atomic E-state index is 0.0409. The number of rotatable bonds is 4. The third kappa shape index (κ3) is 4.33. The van der Waals surface area contributed by atoms with E-state index in [9.17, 15) is 22.8 Å². The Balaban J connectivity index is 1.68. The van der Waals surface area contributed by atoms with E-state index < -0.39 is 17.6 Å². The second kappa shape index (κ2) is 8.57. The van der Waals surface area contributed by atoms with E-state index in [0.717, 1.165) is 25.5 Å². The minimum Gasteiger partial charge on any atom is -0.341 e. The van der Waals surface area contributed by atoms with E-state index in [0.29, 0.717) is 32.7 Å².